The van der Waals surface area contributed by atoms with E-state index in [-0.39, 0.29) is 5.69 Å². The Balaban J connectivity index is 0.000000784. The first-order chi connectivity index (χ1) is 16.3. The minimum atomic E-state index is -4.33. The van der Waals surface area contributed by atoms with Crippen LogP contribution < -0.4 is 15.8 Å². The molecule has 8 nitrogen and oxygen atoms in total. The maximum absolute atomic E-state index is 12.7. The summed E-state index contributed by atoms with van der Waals surface area (Å²) < 4.78 is 69.8. The van der Waals surface area contributed by atoms with Crippen LogP contribution in [0.15, 0.2) is 66.9 Å². The third-order valence-corrected chi connectivity index (χ3v) is 4.32. The zero-order valence-corrected chi connectivity index (χ0v) is 19.4. The molecule has 3 aromatic rings. The molecule has 0 saturated heterocycles. The van der Waals surface area contributed by atoms with E-state index < -0.39 is 27.8 Å². The Bertz CT molecular complexity index is 1210. The maximum atomic E-state index is 12.7. The number of aromatic nitrogens is 1. The molecule has 1 heterocycles. The molecule has 0 saturated carbocycles. The van der Waals surface area contributed by atoms with Crippen LogP contribution in [0, 0.1) is 0 Å². The molecule has 3 rings (SSSR count). The summed E-state index contributed by atoms with van der Waals surface area (Å²) in [7, 11) is -3.67. The first-order valence-electron chi connectivity index (χ1n) is 10.1. The van der Waals surface area contributed by atoms with Crippen LogP contribution in [0.1, 0.15) is 27.2 Å². The van der Waals surface area contributed by atoms with E-state index in [4.69, 9.17) is 15.0 Å². The molecule has 12 heteroatoms. The summed E-state index contributed by atoms with van der Waals surface area (Å²) in [4.78, 5) is 14.9. The van der Waals surface area contributed by atoms with Crippen molar-refractivity contribution in [2.45, 2.75) is 19.1 Å². The third-order valence-electron chi connectivity index (χ3n) is 4.32. The van der Waals surface area contributed by atoms with E-state index in [2.05, 4.69) is 10.3 Å². The van der Waals surface area contributed by atoms with Crippen LogP contribution in [0.4, 0.5) is 13.2 Å². The smallest absolute Gasteiger partial charge is 0.416 e. The van der Waals surface area contributed by atoms with E-state index in [9.17, 15) is 26.4 Å². The number of benzene rings is 2. The number of primary amides is 1. The van der Waals surface area contributed by atoms with Crippen LogP contribution >= 0.6 is 0 Å². The molecule has 4 N–H and O–H groups in total. The summed E-state index contributed by atoms with van der Waals surface area (Å²) in [5.41, 5.74) is 6.32. The molecule has 0 atom stereocenters. The second-order valence-corrected chi connectivity index (χ2v) is 8.81. The predicted octanol–water partition coefficient (Wildman–Crippen LogP) is 3.83. The number of nitrogens with zero attached hydrogens (tertiary/aromatic N) is 1. The second-order valence-electron chi connectivity index (χ2n) is 7.35. The molecule has 2 aromatic carbocycles. The number of alkyl halides is 3. The zero-order valence-electron chi connectivity index (χ0n) is 18.6. The van der Waals surface area contributed by atoms with Crippen LogP contribution in [-0.2, 0) is 29.3 Å². The van der Waals surface area contributed by atoms with E-state index in [1.165, 1.54) is 24.4 Å². The highest BCUT2D eigenvalue weighted by Crippen LogP contribution is 2.29. The van der Waals surface area contributed by atoms with Crippen LogP contribution in [0.5, 0.6) is 11.5 Å². The number of ether oxygens (including phenoxy) is 1. The Morgan fingerprint density at radius 3 is 2.23 bits per heavy atom. The maximum Gasteiger partial charge on any atom is 0.416 e. The number of halogens is 3. The number of nitrogens with two attached hydrogens (primary N) is 1. The number of hydrogen-bond acceptors (Lipinski definition) is 6. The highest BCUT2D eigenvalue weighted by atomic mass is 32.2. The average molecular weight is 512 g/mol. The topological polar surface area (TPSA) is 132 Å². The minimum Gasteiger partial charge on any atom is -0.456 e. The van der Waals surface area contributed by atoms with Crippen LogP contribution in [0.2, 0.25) is 0 Å². The van der Waals surface area contributed by atoms with Gasteiger partial charge in [-0.05, 0) is 54.4 Å². The van der Waals surface area contributed by atoms with Gasteiger partial charge in [0.25, 0.3) is 16.0 Å². The molecule has 0 aliphatic rings. The monoisotopic (exact) mass is 511 g/mol. The summed E-state index contributed by atoms with van der Waals surface area (Å²) >= 11 is 0. The van der Waals surface area contributed by atoms with Crippen molar-refractivity contribution in [1.82, 2.24) is 10.3 Å². The van der Waals surface area contributed by atoms with Gasteiger partial charge in [0.05, 0.1) is 18.0 Å². The average Bonchev–Trinajstić information content (AvgIpc) is 2.77. The minimum absolute atomic E-state index is 0.161. The van der Waals surface area contributed by atoms with Gasteiger partial charge in [0.2, 0.25) is 0 Å². The quantitative estimate of drug-likeness (QED) is 0.309. The van der Waals surface area contributed by atoms with Gasteiger partial charge in [-0.1, -0.05) is 30.3 Å². The van der Waals surface area contributed by atoms with E-state index in [0.29, 0.717) is 42.8 Å². The van der Waals surface area contributed by atoms with Crippen molar-refractivity contribution in [3.63, 3.8) is 0 Å². The van der Waals surface area contributed by atoms with Gasteiger partial charge in [0.1, 0.15) is 17.2 Å². The number of amides is 1. The number of carbonyl (C=O) groups is 1. The van der Waals surface area contributed by atoms with E-state index in [1.54, 1.807) is 24.3 Å². The van der Waals surface area contributed by atoms with E-state index in [0.717, 1.165) is 11.6 Å². The molecule has 0 bridgehead atoms. The molecule has 0 aliphatic carbocycles. The third kappa shape index (κ3) is 11.0. The standard InChI is InChI=1S/C22H20F3N3O2.CH4O3S/c23-22(24,25)17-3-1-2-15(12-17)10-11-27-13-16-4-6-18(7-5-16)30-19-8-9-20(21(26)29)28-14-19;1-5(2,3)4/h1-9,12,14,27H,10-11,13H2,(H2,26,29);1H3,(H,2,3,4). The fourth-order valence-corrected chi connectivity index (χ4v) is 2.77. The lowest BCUT2D eigenvalue weighted by atomic mass is 10.1. The van der Waals surface area contributed by atoms with Gasteiger partial charge in [0, 0.05) is 6.54 Å². The number of pyridine rings is 1. The molecule has 0 fully saturated rings. The molecule has 0 spiro atoms. The van der Waals surface area contributed by atoms with E-state index in [1.807, 2.05) is 12.1 Å². The van der Waals surface area contributed by atoms with Gasteiger partial charge in [-0.3, -0.25) is 9.35 Å². The fourth-order valence-electron chi connectivity index (χ4n) is 2.77. The second kappa shape index (κ2) is 12.3. The van der Waals surface area contributed by atoms with Gasteiger partial charge >= 0.3 is 6.18 Å². The highest BCUT2D eigenvalue weighted by molar-refractivity contribution is 7.85. The van der Waals surface area contributed by atoms with Crippen molar-refractivity contribution in [3.05, 3.63) is 89.2 Å². The Morgan fingerprint density at radius 1 is 1.06 bits per heavy atom. The van der Waals surface area contributed by atoms with Gasteiger partial charge in [0.15, 0.2) is 0 Å². The first-order valence-corrected chi connectivity index (χ1v) is 12.0. The molecule has 0 unspecified atom stereocenters. The normalized spacial score (nSPS) is 11.3. The number of nitrogens with one attached hydrogen (secondary N) is 1. The molecule has 1 amide bonds. The lowest BCUT2D eigenvalue weighted by Gasteiger charge is -2.10. The van der Waals surface area contributed by atoms with Crippen LogP contribution in [0.25, 0.3) is 0 Å². The molecule has 1 aromatic heterocycles. The Hall–Kier alpha value is -3.48. The van der Waals surface area contributed by atoms with Gasteiger partial charge < -0.3 is 15.8 Å². The molecular formula is C23H24F3N3O5S. The van der Waals surface area contributed by atoms with E-state index >= 15 is 0 Å². The van der Waals surface area contributed by atoms with Gasteiger partial charge in [-0.25, -0.2) is 4.98 Å². The zero-order chi connectivity index (χ0) is 26.1. The van der Waals surface area contributed by atoms with Crippen molar-refractivity contribution in [1.29, 1.82) is 0 Å². The number of rotatable bonds is 8. The lowest BCUT2D eigenvalue weighted by molar-refractivity contribution is -0.137. The molecule has 188 valence electrons. The number of hydrogen-bond donors (Lipinski definition) is 3. The van der Waals surface area contributed by atoms with Crippen molar-refractivity contribution in [2.75, 3.05) is 12.8 Å². The Kier molecular flexibility index (Phi) is 9.75. The molecule has 0 aliphatic heterocycles. The SMILES string of the molecule is CS(=O)(=O)O.NC(=O)c1ccc(Oc2ccc(CNCCc3cccc(C(F)(F)F)c3)cc2)cn1. The lowest BCUT2D eigenvalue weighted by Crippen LogP contribution is -2.17. The molecule has 35 heavy (non-hydrogen) atoms. The fraction of sp³-hybridized carbons (Fsp3) is 0.217. The van der Waals surface area contributed by atoms with Crippen molar-refractivity contribution in [3.8, 4) is 11.5 Å². The first kappa shape index (κ1) is 27.8. The molecular weight excluding hydrogens is 487 g/mol. The van der Waals surface area contributed by atoms with Crippen LogP contribution in [-0.4, -0.2) is 36.7 Å². The highest BCUT2D eigenvalue weighted by Gasteiger charge is 2.30. The Labute approximate surface area is 200 Å². The predicted molar refractivity (Wildman–Crippen MR) is 124 cm³/mol. The van der Waals surface area contributed by atoms with Crippen molar-refractivity contribution in [2.24, 2.45) is 5.73 Å². The summed E-state index contributed by atoms with van der Waals surface area (Å²) in [6.07, 6.45) is -1.69. The largest absolute Gasteiger partial charge is 0.456 e. The Morgan fingerprint density at radius 2 is 1.69 bits per heavy atom. The molecule has 0 radical (unpaired) electrons. The van der Waals surface area contributed by atoms with Gasteiger partial charge in [-0.15, -0.1) is 0 Å². The summed E-state index contributed by atoms with van der Waals surface area (Å²) in [6.45, 7) is 1.13. The number of carbonyl (C=O) groups excluding carboxylic acids is 1. The van der Waals surface area contributed by atoms with Crippen molar-refractivity contribution >= 4 is 16.0 Å². The summed E-state index contributed by atoms with van der Waals surface area (Å²) in [5, 5.41) is 3.22. The van der Waals surface area contributed by atoms with Crippen LogP contribution in [0.3, 0.4) is 0 Å². The van der Waals surface area contributed by atoms with Gasteiger partial charge in [-0.2, -0.15) is 21.6 Å². The summed E-state index contributed by atoms with van der Waals surface area (Å²) in [6, 6.07) is 15.8. The summed E-state index contributed by atoms with van der Waals surface area (Å²) in [5.74, 6) is 0.481. The van der Waals surface area contributed by atoms with Crippen molar-refractivity contribution < 1.29 is 35.7 Å².